The fraction of sp³-hybridized carbons (Fsp3) is 0.500. The predicted molar refractivity (Wildman–Crippen MR) is 77.3 cm³/mol. The summed E-state index contributed by atoms with van der Waals surface area (Å²) in [4.78, 5) is 12.0. The minimum atomic E-state index is -0.782. The average molecular weight is 280 g/mol. The van der Waals surface area contributed by atoms with Crippen molar-refractivity contribution < 1.29 is 9.00 Å². The molecule has 0 bridgehead atoms. The van der Waals surface area contributed by atoms with Crippen LogP contribution < -0.4 is 10.6 Å². The first-order valence-corrected chi connectivity index (χ1v) is 8.27. The highest BCUT2D eigenvalue weighted by Gasteiger charge is 2.23. The van der Waals surface area contributed by atoms with Gasteiger partial charge in [0.15, 0.2) is 0 Å². The Morgan fingerprint density at radius 1 is 1.42 bits per heavy atom. The Hall–Kier alpha value is -1.20. The number of fused-ring (bicyclic) bond motifs is 1. The van der Waals surface area contributed by atoms with E-state index in [1.54, 1.807) is 6.26 Å². The van der Waals surface area contributed by atoms with Gasteiger partial charge in [-0.1, -0.05) is 24.3 Å². The van der Waals surface area contributed by atoms with Crippen molar-refractivity contribution in [2.75, 3.05) is 18.6 Å². The molecule has 0 saturated carbocycles. The third kappa shape index (κ3) is 4.14. The molecular weight excluding hydrogens is 260 g/mol. The lowest BCUT2D eigenvalue weighted by atomic mass is 9.95. The lowest BCUT2D eigenvalue weighted by molar-refractivity contribution is -0.123. The molecule has 0 fully saturated rings. The highest BCUT2D eigenvalue weighted by Crippen LogP contribution is 2.16. The smallest absolute Gasteiger partial charge is 0.237 e. The summed E-state index contributed by atoms with van der Waals surface area (Å²) in [6, 6.07) is 8.05. The van der Waals surface area contributed by atoms with E-state index in [9.17, 15) is 9.00 Å². The van der Waals surface area contributed by atoms with Gasteiger partial charge < -0.3 is 10.6 Å². The molecule has 1 heterocycles. The van der Waals surface area contributed by atoms with Gasteiger partial charge in [-0.25, -0.2) is 0 Å². The minimum absolute atomic E-state index is 0.0383. The second-order valence-electron chi connectivity index (χ2n) is 4.83. The maximum atomic E-state index is 12.0. The van der Waals surface area contributed by atoms with Gasteiger partial charge in [-0.15, -0.1) is 0 Å². The second kappa shape index (κ2) is 6.82. The van der Waals surface area contributed by atoms with Crippen LogP contribution in [0.15, 0.2) is 24.3 Å². The molecule has 1 aromatic rings. The van der Waals surface area contributed by atoms with Crippen LogP contribution in [-0.2, 0) is 28.6 Å². The van der Waals surface area contributed by atoms with Gasteiger partial charge in [-0.3, -0.25) is 9.00 Å². The second-order valence-corrected chi connectivity index (χ2v) is 6.38. The van der Waals surface area contributed by atoms with Crippen LogP contribution in [0.2, 0.25) is 0 Å². The van der Waals surface area contributed by atoms with Gasteiger partial charge in [-0.05, 0) is 24.0 Å². The molecule has 1 unspecified atom stereocenters. The molecule has 1 aromatic carbocycles. The average Bonchev–Trinajstić information content (AvgIpc) is 2.42. The minimum Gasteiger partial charge on any atom is -0.355 e. The molecule has 4 nitrogen and oxygen atoms in total. The number of amides is 1. The normalized spacial score (nSPS) is 19.5. The molecule has 2 rings (SSSR count). The Kier molecular flexibility index (Phi) is 5.10. The van der Waals surface area contributed by atoms with E-state index in [-0.39, 0.29) is 11.9 Å². The number of hydrogen-bond acceptors (Lipinski definition) is 3. The zero-order chi connectivity index (χ0) is 13.7. The monoisotopic (exact) mass is 280 g/mol. The highest BCUT2D eigenvalue weighted by molar-refractivity contribution is 7.84. The van der Waals surface area contributed by atoms with Crippen LogP contribution in [0.25, 0.3) is 0 Å². The largest absolute Gasteiger partial charge is 0.355 e. The van der Waals surface area contributed by atoms with Crippen LogP contribution >= 0.6 is 0 Å². The van der Waals surface area contributed by atoms with Gasteiger partial charge in [0.25, 0.3) is 0 Å². The summed E-state index contributed by atoms with van der Waals surface area (Å²) >= 11 is 0. The fourth-order valence-corrected chi connectivity index (χ4v) is 2.80. The van der Waals surface area contributed by atoms with Crippen molar-refractivity contribution in [1.82, 2.24) is 10.6 Å². The number of hydrogen-bond donors (Lipinski definition) is 2. The molecule has 19 heavy (non-hydrogen) atoms. The van der Waals surface area contributed by atoms with Gasteiger partial charge in [0.05, 0.1) is 6.04 Å². The zero-order valence-electron chi connectivity index (χ0n) is 11.1. The topological polar surface area (TPSA) is 58.2 Å². The van der Waals surface area contributed by atoms with E-state index in [1.807, 2.05) is 12.1 Å². The van der Waals surface area contributed by atoms with Crippen LogP contribution in [0.3, 0.4) is 0 Å². The van der Waals surface area contributed by atoms with Crippen LogP contribution in [0, 0.1) is 0 Å². The van der Waals surface area contributed by atoms with Crippen LogP contribution in [0.4, 0.5) is 0 Å². The van der Waals surface area contributed by atoms with Crippen molar-refractivity contribution in [3.63, 3.8) is 0 Å². The SMILES string of the molecule is CS(=O)CCCNC(=O)[C@@H]1Cc2ccccc2CN1. The number of nitrogens with one attached hydrogen (secondary N) is 2. The van der Waals surface area contributed by atoms with Gasteiger partial charge >= 0.3 is 0 Å². The summed E-state index contributed by atoms with van der Waals surface area (Å²) in [6.45, 7) is 1.34. The molecule has 1 aliphatic heterocycles. The molecule has 0 saturated heterocycles. The van der Waals surface area contributed by atoms with E-state index in [4.69, 9.17) is 0 Å². The first-order chi connectivity index (χ1) is 9.16. The van der Waals surface area contributed by atoms with E-state index >= 15 is 0 Å². The van der Waals surface area contributed by atoms with E-state index in [1.165, 1.54) is 11.1 Å². The van der Waals surface area contributed by atoms with Crippen molar-refractivity contribution in [3.8, 4) is 0 Å². The summed E-state index contributed by atoms with van der Waals surface area (Å²) < 4.78 is 10.9. The Balaban J connectivity index is 1.80. The third-order valence-electron chi connectivity index (χ3n) is 3.31. The first-order valence-electron chi connectivity index (χ1n) is 6.54. The van der Waals surface area contributed by atoms with Crippen molar-refractivity contribution in [1.29, 1.82) is 0 Å². The third-order valence-corrected chi connectivity index (χ3v) is 4.17. The van der Waals surface area contributed by atoms with Gasteiger partial charge in [0.2, 0.25) is 5.91 Å². The van der Waals surface area contributed by atoms with Gasteiger partial charge in [-0.2, -0.15) is 0 Å². The summed E-state index contributed by atoms with van der Waals surface area (Å²) in [5.74, 6) is 0.678. The molecular formula is C14H20N2O2S. The first kappa shape index (κ1) is 14.2. The molecule has 104 valence electrons. The summed E-state index contributed by atoms with van der Waals surface area (Å²) in [5.41, 5.74) is 2.52. The zero-order valence-corrected chi connectivity index (χ0v) is 12.0. The number of rotatable bonds is 5. The Bertz CT molecular complexity index is 476. The van der Waals surface area contributed by atoms with Crippen LogP contribution in [-0.4, -0.2) is 34.7 Å². The molecule has 0 aliphatic carbocycles. The van der Waals surface area contributed by atoms with Gasteiger partial charge in [0.1, 0.15) is 0 Å². The van der Waals surface area contributed by atoms with E-state index in [2.05, 4.69) is 22.8 Å². The van der Waals surface area contributed by atoms with E-state index in [0.29, 0.717) is 12.3 Å². The number of carbonyl (C=O) groups excluding carboxylic acids is 1. The summed E-state index contributed by atoms with van der Waals surface area (Å²) in [7, 11) is -0.782. The maximum absolute atomic E-state index is 12.0. The molecule has 0 aromatic heterocycles. The standard InChI is InChI=1S/C14H20N2O2S/c1-19(18)8-4-7-15-14(17)13-9-11-5-2-3-6-12(11)10-16-13/h2-3,5-6,13,16H,4,7-10H2,1H3,(H,15,17)/t13-,19?/m0/s1. The van der Waals surface area contributed by atoms with Crippen LogP contribution in [0.1, 0.15) is 17.5 Å². The molecule has 0 radical (unpaired) electrons. The van der Waals surface area contributed by atoms with Crippen molar-refractivity contribution >= 4 is 16.7 Å². The van der Waals surface area contributed by atoms with Crippen molar-refractivity contribution in [3.05, 3.63) is 35.4 Å². The summed E-state index contributed by atoms with van der Waals surface area (Å²) in [6.07, 6.45) is 3.18. The molecule has 5 heteroatoms. The number of carbonyl (C=O) groups is 1. The lowest BCUT2D eigenvalue weighted by Crippen LogP contribution is -2.47. The molecule has 1 amide bonds. The van der Waals surface area contributed by atoms with Crippen LogP contribution in [0.5, 0.6) is 0 Å². The molecule has 2 N–H and O–H groups in total. The fourth-order valence-electron chi connectivity index (χ4n) is 2.25. The van der Waals surface area contributed by atoms with Gasteiger partial charge in [0, 0.05) is 35.9 Å². The highest BCUT2D eigenvalue weighted by atomic mass is 32.2. The summed E-state index contributed by atoms with van der Waals surface area (Å²) in [5, 5.41) is 6.16. The molecule has 1 aliphatic rings. The Labute approximate surface area is 116 Å². The van der Waals surface area contributed by atoms with Crippen molar-refractivity contribution in [2.24, 2.45) is 0 Å². The lowest BCUT2D eigenvalue weighted by Gasteiger charge is -2.25. The molecule has 0 spiro atoms. The van der Waals surface area contributed by atoms with E-state index < -0.39 is 10.8 Å². The quantitative estimate of drug-likeness (QED) is 0.776. The Morgan fingerprint density at radius 2 is 2.16 bits per heavy atom. The predicted octanol–water partition coefficient (Wildman–Crippen LogP) is 0.586. The Morgan fingerprint density at radius 3 is 2.89 bits per heavy atom. The van der Waals surface area contributed by atoms with E-state index in [0.717, 1.165) is 19.4 Å². The molecule has 2 atom stereocenters. The maximum Gasteiger partial charge on any atom is 0.237 e. The number of benzene rings is 1. The van der Waals surface area contributed by atoms with Crippen molar-refractivity contribution in [2.45, 2.75) is 25.4 Å².